The standard InChI is InChI=1S/C22H25NO3/c1-4-10-23(11-5-1)12-13-24-16-8-9-18-21(14-16)25-15-19-17-6-2-3-7-20(17)26-22(18)19/h2-3,6-9,14,19,22H,1,4-5,10-13,15H2. The summed E-state index contributed by atoms with van der Waals surface area (Å²) in [5.74, 6) is 3.05. The molecule has 0 saturated carbocycles. The number of piperidine rings is 1. The molecule has 2 aromatic carbocycles. The Labute approximate surface area is 154 Å². The highest BCUT2D eigenvalue weighted by Gasteiger charge is 2.40. The van der Waals surface area contributed by atoms with Gasteiger partial charge >= 0.3 is 0 Å². The van der Waals surface area contributed by atoms with Crippen LogP contribution in [-0.4, -0.2) is 37.7 Å². The van der Waals surface area contributed by atoms with E-state index < -0.39 is 0 Å². The fourth-order valence-electron chi connectivity index (χ4n) is 4.35. The Kier molecular flexibility index (Phi) is 4.21. The highest BCUT2D eigenvalue weighted by Crippen LogP contribution is 2.51. The second kappa shape index (κ2) is 6.84. The van der Waals surface area contributed by atoms with E-state index in [1.807, 2.05) is 24.3 Å². The van der Waals surface area contributed by atoms with Crippen LogP contribution in [0.5, 0.6) is 17.2 Å². The molecule has 1 fully saturated rings. The molecule has 0 spiro atoms. The number of benzene rings is 2. The van der Waals surface area contributed by atoms with Gasteiger partial charge in [-0.2, -0.15) is 0 Å². The van der Waals surface area contributed by atoms with Gasteiger partial charge in [-0.25, -0.2) is 0 Å². The molecule has 136 valence electrons. The summed E-state index contributed by atoms with van der Waals surface area (Å²) >= 11 is 0. The number of ether oxygens (including phenoxy) is 3. The summed E-state index contributed by atoms with van der Waals surface area (Å²) in [6, 6.07) is 14.5. The molecule has 26 heavy (non-hydrogen) atoms. The van der Waals surface area contributed by atoms with Crippen molar-refractivity contribution in [3.05, 3.63) is 53.6 Å². The van der Waals surface area contributed by atoms with Crippen LogP contribution in [0.15, 0.2) is 42.5 Å². The Morgan fingerprint density at radius 2 is 1.85 bits per heavy atom. The zero-order valence-corrected chi connectivity index (χ0v) is 15.0. The largest absolute Gasteiger partial charge is 0.492 e. The van der Waals surface area contributed by atoms with Gasteiger partial charge in [0, 0.05) is 23.7 Å². The molecule has 0 bridgehead atoms. The molecule has 4 heteroatoms. The molecule has 3 heterocycles. The number of nitrogens with zero attached hydrogens (tertiary/aromatic N) is 1. The van der Waals surface area contributed by atoms with Crippen molar-refractivity contribution in [2.75, 3.05) is 32.8 Å². The fourth-order valence-corrected chi connectivity index (χ4v) is 4.35. The Balaban J connectivity index is 1.26. The summed E-state index contributed by atoms with van der Waals surface area (Å²) in [5.41, 5.74) is 2.38. The Hall–Kier alpha value is -2.20. The maximum atomic E-state index is 6.21. The van der Waals surface area contributed by atoms with E-state index >= 15 is 0 Å². The van der Waals surface area contributed by atoms with Crippen molar-refractivity contribution in [2.24, 2.45) is 0 Å². The van der Waals surface area contributed by atoms with Gasteiger partial charge in [-0.15, -0.1) is 0 Å². The fraction of sp³-hybridized carbons (Fsp3) is 0.455. The Bertz CT molecular complexity index is 785. The van der Waals surface area contributed by atoms with Gasteiger partial charge in [0.1, 0.15) is 30.0 Å². The lowest BCUT2D eigenvalue weighted by atomic mass is 9.89. The molecule has 1 saturated heterocycles. The maximum absolute atomic E-state index is 6.21. The van der Waals surface area contributed by atoms with Crippen LogP contribution in [-0.2, 0) is 0 Å². The first-order valence-electron chi connectivity index (χ1n) is 9.76. The number of likely N-dealkylation sites (tertiary alicyclic amines) is 1. The van der Waals surface area contributed by atoms with Crippen molar-refractivity contribution in [1.82, 2.24) is 4.90 Å². The number of para-hydroxylation sites is 1. The van der Waals surface area contributed by atoms with Gasteiger partial charge in [0.25, 0.3) is 0 Å². The van der Waals surface area contributed by atoms with Gasteiger partial charge in [-0.05, 0) is 44.1 Å². The molecule has 0 N–H and O–H groups in total. The predicted octanol–water partition coefficient (Wildman–Crippen LogP) is 4.16. The van der Waals surface area contributed by atoms with Crippen molar-refractivity contribution in [1.29, 1.82) is 0 Å². The molecule has 0 aliphatic carbocycles. The van der Waals surface area contributed by atoms with Crippen molar-refractivity contribution >= 4 is 0 Å². The number of rotatable bonds is 4. The van der Waals surface area contributed by atoms with Crippen molar-refractivity contribution in [3.63, 3.8) is 0 Å². The van der Waals surface area contributed by atoms with Gasteiger partial charge < -0.3 is 14.2 Å². The van der Waals surface area contributed by atoms with Crippen LogP contribution >= 0.6 is 0 Å². The van der Waals surface area contributed by atoms with Crippen molar-refractivity contribution in [2.45, 2.75) is 31.3 Å². The number of hydrogen-bond acceptors (Lipinski definition) is 4. The molecule has 0 aromatic heterocycles. The molecule has 0 radical (unpaired) electrons. The predicted molar refractivity (Wildman–Crippen MR) is 100 cm³/mol. The van der Waals surface area contributed by atoms with E-state index in [4.69, 9.17) is 14.2 Å². The first-order valence-corrected chi connectivity index (χ1v) is 9.76. The average Bonchev–Trinajstić information content (AvgIpc) is 3.08. The van der Waals surface area contributed by atoms with Gasteiger partial charge in [0.2, 0.25) is 0 Å². The average molecular weight is 351 g/mol. The summed E-state index contributed by atoms with van der Waals surface area (Å²) < 4.78 is 18.3. The third kappa shape index (κ3) is 2.92. The quantitative estimate of drug-likeness (QED) is 0.828. The minimum Gasteiger partial charge on any atom is -0.492 e. The summed E-state index contributed by atoms with van der Waals surface area (Å²) in [7, 11) is 0. The lowest BCUT2D eigenvalue weighted by molar-refractivity contribution is 0.138. The van der Waals surface area contributed by atoms with E-state index in [0.29, 0.717) is 6.61 Å². The lowest BCUT2D eigenvalue weighted by Gasteiger charge is -2.28. The summed E-state index contributed by atoms with van der Waals surface area (Å²) in [4.78, 5) is 2.49. The van der Waals surface area contributed by atoms with E-state index in [2.05, 4.69) is 23.1 Å². The van der Waals surface area contributed by atoms with Crippen LogP contribution in [0.1, 0.15) is 42.4 Å². The Morgan fingerprint density at radius 1 is 0.962 bits per heavy atom. The topological polar surface area (TPSA) is 30.9 Å². The maximum Gasteiger partial charge on any atom is 0.138 e. The van der Waals surface area contributed by atoms with Crippen molar-refractivity contribution in [3.8, 4) is 17.2 Å². The minimum atomic E-state index is 0.0542. The SMILES string of the molecule is c1ccc2c(c1)OC1c3ccc(OCCN4CCCCC4)cc3OCC21. The first kappa shape index (κ1) is 16.0. The molecule has 3 aliphatic heterocycles. The van der Waals surface area contributed by atoms with Crippen LogP contribution < -0.4 is 14.2 Å². The zero-order valence-electron chi connectivity index (χ0n) is 15.0. The van der Waals surface area contributed by atoms with Crippen LogP contribution in [0.3, 0.4) is 0 Å². The van der Waals surface area contributed by atoms with E-state index in [1.165, 1.54) is 37.9 Å². The lowest BCUT2D eigenvalue weighted by Crippen LogP contribution is -2.33. The number of hydrogen-bond donors (Lipinski definition) is 0. The van der Waals surface area contributed by atoms with Crippen LogP contribution in [0, 0.1) is 0 Å². The third-order valence-corrected chi connectivity index (χ3v) is 5.77. The first-order chi connectivity index (χ1) is 12.9. The minimum absolute atomic E-state index is 0.0542. The van der Waals surface area contributed by atoms with Gasteiger partial charge in [0.05, 0.1) is 12.5 Å². The molecule has 2 atom stereocenters. The normalized spacial score (nSPS) is 24.0. The molecule has 4 nitrogen and oxygen atoms in total. The molecule has 5 rings (SSSR count). The number of fused-ring (bicyclic) bond motifs is 5. The van der Waals surface area contributed by atoms with E-state index in [1.54, 1.807) is 0 Å². The summed E-state index contributed by atoms with van der Waals surface area (Å²) in [6.45, 7) is 4.80. The molecule has 2 aromatic rings. The van der Waals surface area contributed by atoms with Crippen molar-refractivity contribution < 1.29 is 14.2 Å². The highest BCUT2D eigenvalue weighted by atomic mass is 16.5. The highest BCUT2D eigenvalue weighted by molar-refractivity contribution is 5.50. The van der Waals surface area contributed by atoms with Gasteiger partial charge in [0.15, 0.2) is 0 Å². The van der Waals surface area contributed by atoms with Crippen LogP contribution in [0.25, 0.3) is 0 Å². The van der Waals surface area contributed by atoms with E-state index in [9.17, 15) is 0 Å². The van der Waals surface area contributed by atoms with Crippen LogP contribution in [0.2, 0.25) is 0 Å². The Morgan fingerprint density at radius 3 is 2.77 bits per heavy atom. The molecular formula is C22H25NO3. The second-order valence-corrected chi connectivity index (χ2v) is 7.44. The zero-order chi connectivity index (χ0) is 17.3. The summed E-state index contributed by atoms with van der Waals surface area (Å²) in [5, 5.41) is 0. The summed E-state index contributed by atoms with van der Waals surface area (Å²) in [6.07, 6.45) is 4.06. The van der Waals surface area contributed by atoms with Crippen LogP contribution in [0.4, 0.5) is 0 Å². The van der Waals surface area contributed by atoms with E-state index in [0.717, 1.165) is 36.0 Å². The third-order valence-electron chi connectivity index (χ3n) is 5.77. The van der Waals surface area contributed by atoms with E-state index in [-0.39, 0.29) is 12.0 Å². The van der Waals surface area contributed by atoms with Gasteiger partial charge in [-0.1, -0.05) is 24.6 Å². The molecule has 3 aliphatic rings. The molecule has 2 unspecified atom stereocenters. The second-order valence-electron chi connectivity index (χ2n) is 7.44. The monoisotopic (exact) mass is 351 g/mol. The molecular weight excluding hydrogens is 326 g/mol. The van der Waals surface area contributed by atoms with Gasteiger partial charge in [-0.3, -0.25) is 4.90 Å². The smallest absolute Gasteiger partial charge is 0.138 e. The molecule has 0 amide bonds.